The van der Waals surface area contributed by atoms with Crippen LogP contribution in [0.1, 0.15) is 13.8 Å². The first kappa shape index (κ1) is 19.0. The Balaban J connectivity index is 0.000000994. The fourth-order valence-corrected chi connectivity index (χ4v) is 3.43. The van der Waals surface area contributed by atoms with Crippen LogP contribution >= 0.6 is 11.6 Å². The van der Waals surface area contributed by atoms with Gasteiger partial charge >= 0.3 is 0 Å². The number of aromatic nitrogens is 3. The molecule has 4 heteroatoms. The monoisotopic (exact) mass is 397 g/mol. The van der Waals surface area contributed by atoms with Gasteiger partial charge in [-0.2, -0.15) is 9.97 Å². The standard InChI is InChI=1S/C23H14ClN3.C2H6/c24-23-26-21(19-11-9-15-5-1-3-7-17(15)13-19)25-22(27-23)20-12-10-16-6-2-4-8-18(16)14-20;1-2/h1-14H;1-2H3. The van der Waals surface area contributed by atoms with Gasteiger partial charge in [-0.25, -0.2) is 4.98 Å². The molecule has 3 nitrogen and oxygen atoms in total. The molecule has 1 aromatic heterocycles. The van der Waals surface area contributed by atoms with E-state index >= 15 is 0 Å². The fraction of sp³-hybridized carbons (Fsp3) is 0.0800. The molecule has 0 aliphatic rings. The van der Waals surface area contributed by atoms with Crippen molar-refractivity contribution in [1.29, 1.82) is 0 Å². The second-order valence-corrected chi connectivity index (χ2v) is 6.71. The van der Waals surface area contributed by atoms with Crippen LogP contribution in [0.2, 0.25) is 5.28 Å². The van der Waals surface area contributed by atoms with Gasteiger partial charge in [0.1, 0.15) is 0 Å². The highest BCUT2D eigenvalue weighted by atomic mass is 35.5. The molecule has 0 spiro atoms. The first-order valence-corrected chi connectivity index (χ1v) is 10.0. The number of fused-ring (bicyclic) bond motifs is 2. The van der Waals surface area contributed by atoms with E-state index in [1.165, 1.54) is 10.8 Å². The van der Waals surface area contributed by atoms with Gasteiger partial charge < -0.3 is 0 Å². The summed E-state index contributed by atoms with van der Waals surface area (Å²) in [5, 5.41) is 4.82. The summed E-state index contributed by atoms with van der Waals surface area (Å²) in [6.07, 6.45) is 0. The molecule has 0 amide bonds. The van der Waals surface area contributed by atoms with E-state index in [4.69, 9.17) is 11.6 Å². The zero-order chi connectivity index (χ0) is 20.2. The van der Waals surface area contributed by atoms with Crippen molar-refractivity contribution >= 4 is 33.1 Å². The van der Waals surface area contributed by atoms with Gasteiger partial charge in [0.25, 0.3) is 0 Å². The molecule has 0 bridgehead atoms. The average Bonchev–Trinajstić information content (AvgIpc) is 2.79. The SMILES string of the molecule is CC.Clc1nc(-c2ccc3ccccc3c2)nc(-c2ccc3ccccc3c2)n1. The first-order chi connectivity index (χ1) is 14.3. The Hall–Kier alpha value is -3.30. The number of nitrogens with zero attached hydrogens (tertiary/aromatic N) is 3. The Morgan fingerprint density at radius 2 is 0.931 bits per heavy atom. The van der Waals surface area contributed by atoms with Crippen LogP contribution in [0.3, 0.4) is 0 Å². The normalized spacial score (nSPS) is 10.6. The number of halogens is 1. The fourth-order valence-electron chi connectivity index (χ4n) is 3.27. The van der Waals surface area contributed by atoms with E-state index in [1.54, 1.807) is 0 Å². The zero-order valence-corrected chi connectivity index (χ0v) is 17.1. The Labute approximate surface area is 175 Å². The van der Waals surface area contributed by atoms with Crippen LogP contribution in [0.4, 0.5) is 0 Å². The van der Waals surface area contributed by atoms with Crippen LogP contribution in [0.15, 0.2) is 84.9 Å². The third-order valence-electron chi connectivity index (χ3n) is 4.62. The molecule has 29 heavy (non-hydrogen) atoms. The molecule has 0 aliphatic carbocycles. The van der Waals surface area contributed by atoms with Gasteiger partial charge in [-0.3, -0.25) is 0 Å². The molecule has 5 aromatic rings. The van der Waals surface area contributed by atoms with Gasteiger partial charge in [-0.1, -0.05) is 86.6 Å². The lowest BCUT2D eigenvalue weighted by atomic mass is 10.1. The molecule has 0 unspecified atom stereocenters. The van der Waals surface area contributed by atoms with E-state index < -0.39 is 0 Å². The van der Waals surface area contributed by atoms with E-state index in [2.05, 4.69) is 63.5 Å². The first-order valence-electron chi connectivity index (χ1n) is 9.66. The smallest absolute Gasteiger partial charge is 0.208 e. The molecule has 0 atom stereocenters. The molecule has 0 N–H and O–H groups in total. The van der Waals surface area contributed by atoms with Gasteiger partial charge in [0.15, 0.2) is 11.6 Å². The van der Waals surface area contributed by atoms with Crippen LogP contribution in [0, 0.1) is 0 Å². The predicted octanol–water partition coefficient (Wildman–Crippen LogP) is 7.19. The summed E-state index contributed by atoms with van der Waals surface area (Å²) in [7, 11) is 0. The second-order valence-electron chi connectivity index (χ2n) is 6.38. The van der Waals surface area contributed by atoms with Crippen molar-refractivity contribution in [3.05, 3.63) is 90.2 Å². The van der Waals surface area contributed by atoms with E-state index in [1.807, 2.05) is 50.2 Å². The minimum absolute atomic E-state index is 0.191. The minimum atomic E-state index is 0.191. The van der Waals surface area contributed by atoms with Gasteiger partial charge in [0.05, 0.1) is 0 Å². The zero-order valence-electron chi connectivity index (χ0n) is 16.3. The van der Waals surface area contributed by atoms with Crippen LogP contribution in [-0.2, 0) is 0 Å². The number of benzene rings is 4. The Bertz CT molecular complexity index is 1200. The summed E-state index contributed by atoms with van der Waals surface area (Å²) < 4.78 is 0. The number of rotatable bonds is 2. The van der Waals surface area contributed by atoms with Crippen LogP contribution < -0.4 is 0 Å². The highest BCUT2D eigenvalue weighted by Crippen LogP contribution is 2.26. The topological polar surface area (TPSA) is 38.7 Å². The Morgan fingerprint density at radius 3 is 1.38 bits per heavy atom. The molecule has 0 aliphatic heterocycles. The van der Waals surface area contributed by atoms with Crippen LogP contribution in [-0.4, -0.2) is 15.0 Å². The highest BCUT2D eigenvalue weighted by Gasteiger charge is 2.10. The van der Waals surface area contributed by atoms with Crippen molar-refractivity contribution in [3.63, 3.8) is 0 Å². The maximum atomic E-state index is 6.22. The average molecular weight is 398 g/mol. The van der Waals surface area contributed by atoms with Gasteiger partial charge in [-0.05, 0) is 45.3 Å². The molecule has 0 radical (unpaired) electrons. The second kappa shape index (κ2) is 8.38. The van der Waals surface area contributed by atoms with Crippen molar-refractivity contribution in [3.8, 4) is 22.8 Å². The Kier molecular flexibility index (Phi) is 5.50. The van der Waals surface area contributed by atoms with E-state index in [-0.39, 0.29) is 5.28 Å². The number of hydrogen-bond acceptors (Lipinski definition) is 3. The molecule has 0 saturated heterocycles. The summed E-state index contributed by atoms with van der Waals surface area (Å²) in [5.74, 6) is 1.15. The van der Waals surface area contributed by atoms with E-state index in [9.17, 15) is 0 Å². The maximum absolute atomic E-state index is 6.22. The van der Waals surface area contributed by atoms with Gasteiger partial charge in [0.2, 0.25) is 5.28 Å². The molecular weight excluding hydrogens is 378 g/mol. The number of hydrogen-bond donors (Lipinski definition) is 0. The summed E-state index contributed by atoms with van der Waals surface area (Å²) >= 11 is 6.22. The molecule has 0 fully saturated rings. The molecule has 1 heterocycles. The van der Waals surface area contributed by atoms with E-state index in [0.29, 0.717) is 11.6 Å². The lowest BCUT2D eigenvalue weighted by molar-refractivity contribution is 1.07. The van der Waals surface area contributed by atoms with Crippen molar-refractivity contribution in [2.24, 2.45) is 0 Å². The highest BCUT2D eigenvalue weighted by molar-refractivity contribution is 6.28. The summed E-state index contributed by atoms with van der Waals surface area (Å²) in [6.45, 7) is 4.00. The van der Waals surface area contributed by atoms with E-state index in [0.717, 1.165) is 21.9 Å². The summed E-state index contributed by atoms with van der Waals surface area (Å²) in [4.78, 5) is 13.4. The predicted molar refractivity (Wildman–Crippen MR) is 122 cm³/mol. The van der Waals surface area contributed by atoms with Crippen LogP contribution in [0.25, 0.3) is 44.3 Å². The summed E-state index contributed by atoms with van der Waals surface area (Å²) in [6, 6.07) is 28.7. The molecule has 142 valence electrons. The summed E-state index contributed by atoms with van der Waals surface area (Å²) in [5.41, 5.74) is 1.83. The van der Waals surface area contributed by atoms with Crippen molar-refractivity contribution in [1.82, 2.24) is 15.0 Å². The lowest BCUT2D eigenvalue weighted by Crippen LogP contribution is -1.97. The lowest BCUT2D eigenvalue weighted by Gasteiger charge is -2.07. The van der Waals surface area contributed by atoms with Crippen LogP contribution in [0.5, 0.6) is 0 Å². The largest absolute Gasteiger partial charge is 0.226 e. The van der Waals surface area contributed by atoms with Crippen molar-refractivity contribution < 1.29 is 0 Å². The van der Waals surface area contributed by atoms with Crippen molar-refractivity contribution in [2.75, 3.05) is 0 Å². The van der Waals surface area contributed by atoms with Gasteiger partial charge in [0, 0.05) is 11.1 Å². The van der Waals surface area contributed by atoms with Gasteiger partial charge in [-0.15, -0.1) is 0 Å². The maximum Gasteiger partial charge on any atom is 0.226 e. The quantitative estimate of drug-likeness (QED) is 0.316. The molecule has 0 saturated carbocycles. The molecular formula is C25H20ClN3. The van der Waals surface area contributed by atoms with Crippen molar-refractivity contribution in [2.45, 2.75) is 13.8 Å². The minimum Gasteiger partial charge on any atom is -0.208 e. The third-order valence-corrected chi connectivity index (χ3v) is 4.79. The molecule has 5 rings (SSSR count). The molecule has 4 aromatic carbocycles. The Morgan fingerprint density at radius 1 is 0.517 bits per heavy atom. The third kappa shape index (κ3) is 3.96.